The smallest absolute Gasteiger partial charge is 0.178 e. The van der Waals surface area contributed by atoms with Crippen molar-refractivity contribution < 1.29 is 0 Å². The van der Waals surface area contributed by atoms with Crippen LogP contribution in [0.25, 0.3) is 22.1 Å². The van der Waals surface area contributed by atoms with E-state index < -0.39 is 0 Å². The summed E-state index contributed by atoms with van der Waals surface area (Å²) >= 11 is 0. The summed E-state index contributed by atoms with van der Waals surface area (Å²) in [4.78, 5) is 8.91. The maximum absolute atomic E-state index is 4.56. The Hall–Kier alpha value is -2.96. The van der Waals surface area contributed by atoms with E-state index in [0.29, 0.717) is 5.82 Å². The van der Waals surface area contributed by atoms with Crippen LogP contribution in [0, 0.1) is 6.92 Å². The highest BCUT2D eigenvalue weighted by Gasteiger charge is 2.11. The van der Waals surface area contributed by atoms with Gasteiger partial charge in [-0.2, -0.15) is 10.2 Å². The highest BCUT2D eigenvalue weighted by molar-refractivity contribution is 5.89. The third kappa shape index (κ3) is 2.30. The summed E-state index contributed by atoms with van der Waals surface area (Å²) in [7, 11) is 0. The van der Waals surface area contributed by atoms with Gasteiger partial charge >= 0.3 is 0 Å². The van der Waals surface area contributed by atoms with E-state index in [4.69, 9.17) is 0 Å². The number of hydrogen-bond acceptors (Lipinski definition) is 5. The number of aromatic amines is 1. The molecule has 4 aromatic rings. The predicted molar refractivity (Wildman–Crippen MR) is 89.7 cm³/mol. The third-order valence-electron chi connectivity index (χ3n) is 3.79. The van der Waals surface area contributed by atoms with Crippen molar-refractivity contribution in [1.82, 2.24) is 29.9 Å². The fourth-order valence-corrected chi connectivity index (χ4v) is 2.73. The van der Waals surface area contributed by atoms with Crippen molar-refractivity contribution in [1.29, 1.82) is 0 Å². The van der Waals surface area contributed by atoms with Crippen LogP contribution >= 0.6 is 0 Å². The van der Waals surface area contributed by atoms with E-state index in [2.05, 4.69) is 43.6 Å². The van der Waals surface area contributed by atoms with Crippen LogP contribution in [-0.2, 0) is 6.54 Å². The molecule has 0 amide bonds. The van der Waals surface area contributed by atoms with Crippen LogP contribution in [-0.4, -0.2) is 29.9 Å². The Morgan fingerprint density at radius 3 is 3.09 bits per heavy atom. The molecule has 0 bridgehead atoms. The summed E-state index contributed by atoms with van der Waals surface area (Å²) in [5.74, 6) is 0.695. The number of aryl methyl sites for hydroxylation is 2. The molecule has 4 heterocycles. The molecule has 4 rings (SSSR count). The predicted octanol–water partition coefficient (Wildman–Crippen LogP) is 3.16. The van der Waals surface area contributed by atoms with Gasteiger partial charge in [-0.1, -0.05) is 6.92 Å². The molecule has 0 aliphatic heterocycles. The summed E-state index contributed by atoms with van der Waals surface area (Å²) in [6.07, 6.45) is 4.59. The zero-order valence-electron chi connectivity index (χ0n) is 13.0. The molecule has 0 unspecified atom stereocenters. The highest BCUT2D eigenvalue weighted by Crippen LogP contribution is 2.25. The van der Waals surface area contributed by atoms with Crippen molar-refractivity contribution in [2.24, 2.45) is 0 Å². The fraction of sp³-hybridized carbons (Fsp3) is 0.250. The molecular formula is C16H17N7. The first-order valence-corrected chi connectivity index (χ1v) is 7.65. The summed E-state index contributed by atoms with van der Waals surface area (Å²) in [6, 6.07) is 5.88. The summed E-state index contributed by atoms with van der Waals surface area (Å²) in [5, 5.41) is 16.1. The van der Waals surface area contributed by atoms with E-state index in [1.54, 1.807) is 12.4 Å². The van der Waals surface area contributed by atoms with Crippen molar-refractivity contribution >= 4 is 33.6 Å². The number of fused-ring (bicyclic) bond motifs is 2. The van der Waals surface area contributed by atoms with Crippen LogP contribution < -0.4 is 5.32 Å². The Labute approximate surface area is 132 Å². The Bertz CT molecular complexity index is 983. The molecule has 4 aromatic heterocycles. The lowest BCUT2D eigenvalue weighted by Gasteiger charge is -2.04. The van der Waals surface area contributed by atoms with Crippen LogP contribution in [0.5, 0.6) is 0 Å². The molecule has 23 heavy (non-hydrogen) atoms. The molecule has 0 spiro atoms. The number of pyridine rings is 2. The Morgan fingerprint density at radius 1 is 1.30 bits per heavy atom. The topological polar surface area (TPSA) is 84.3 Å². The maximum atomic E-state index is 4.56. The number of nitrogens with zero attached hydrogens (tertiary/aromatic N) is 5. The first-order valence-electron chi connectivity index (χ1n) is 7.65. The van der Waals surface area contributed by atoms with Crippen molar-refractivity contribution in [3.05, 3.63) is 36.3 Å². The lowest BCUT2D eigenvalue weighted by molar-refractivity contribution is 0.612. The van der Waals surface area contributed by atoms with E-state index >= 15 is 0 Å². The van der Waals surface area contributed by atoms with Crippen molar-refractivity contribution in [3.8, 4) is 0 Å². The van der Waals surface area contributed by atoms with Gasteiger partial charge in [0, 0.05) is 18.1 Å². The molecule has 0 saturated heterocycles. The minimum absolute atomic E-state index is 0.695. The number of H-pyrrole nitrogens is 1. The van der Waals surface area contributed by atoms with E-state index in [1.165, 1.54) is 0 Å². The standard InChI is InChI=1S/C16H17N7/c1-3-7-23-16-12(10(2)22-23)8-11(9-18-16)19-15-14-13(20-21-15)5-4-6-17-14/h4-6,8-9H,3,7H2,1-2H3,(H2,19,20,21). The van der Waals surface area contributed by atoms with Crippen molar-refractivity contribution in [2.45, 2.75) is 26.8 Å². The van der Waals surface area contributed by atoms with Crippen LogP contribution in [0.1, 0.15) is 19.0 Å². The quantitative estimate of drug-likeness (QED) is 0.605. The van der Waals surface area contributed by atoms with Gasteiger partial charge in [-0.3, -0.25) is 10.1 Å². The first-order chi connectivity index (χ1) is 11.3. The second-order valence-electron chi connectivity index (χ2n) is 5.50. The fourth-order valence-electron chi connectivity index (χ4n) is 2.73. The monoisotopic (exact) mass is 307 g/mol. The average Bonchev–Trinajstić information content (AvgIpc) is 3.10. The molecule has 7 nitrogen and oxygen atoms in total. The van der Waals surface area contributed by atoms with Gasteiger partial charge < -0.3 is 5.32 Å². The molecule has 2 N–H and O–H groups in total. The Morgan fingerprint density at radius 2 is 2.22 bits per heavy atom. The molecule has 0 aliphatic carbocycles. The van der Waals surface area contributed by atoms with Gasteiger partial charge in [0.15, 0.2) is 11.5 Å². The molecule has 7 heteroatoms. The molecule has 0 radical (unpaired) electrons. The Kier molecular flexibility index (Phi) is 3.18. The number of nitrogens with one attached hydrogen (secondary N) is 2. The number of anilines is 2. The highest BCUT2D eigenvalue weighted by atomic mass is 15.3. The maximum Gasteiger partial charge on any atom is 0.178 e. The van der Waals surface area contributed by atoms with E-state index in [0.717, 1.165) is 46.4 Å². The average molecular weight is 307 g/mol. The molecule has 0 fully saturated rings. The first kappa shape index (κ1) is 13.7. The number of rotatable bonds is 4. The van der Waals surface area contributed by atoms with Crippen LogP contribution in [0.3, 0.4) is 0 Å². The van der Waals surface area contributed by atoms with Gasteiger partial charge in [0.25, 0.3) is 0 Å². The number of aromatic nitrogens is 6. The third-order valence-corrected chi connectivity index (χ3v) is 3.79. The molecule has 0 aromatic carbocycles. The largest absolute Gasteiger partial charge is 0.336 e. The van der Waals surface area contributed by atoms with Crippen molar-refractivity contribution in [2.75, 3.05) is 5.32 Å². The van der Waals surface area contributed by atoms with Gasteiger partial charge in [-0.25, -0.2) is 9.67 Å². The SMILES string of the molecule is CCCn1nc(C)c2cc(Nc3n[nH]c4cccnc34)cnc21. The molecule has 0 atom stereocenters. The molecule has 116 valence electrons. The zero-order chi connectivity index (χ0) is 15.8. The van der Waals surface area contributed by atoms with Crippen LogP contribution in [0.15, 0.2) is 30.6 Å². The lowest BCUT2D eigenvalue weighted by Crippen LogP contribution is -2.00. The summed E-state index contributed by atoms with van der Waals surface area (Å²) < 4.78 is 1.96. The van der Waals surface area contributed by atoms with E-state index in [1.807, 2.05) is 23.7 Å². The molecular weight excluding hydrogens is 290 g/mol. The van der Waals surface area contributed by atoms with Gasteiger partial charge in [0.05, 0.1) is 23.1 Å². The molecule has 0 saturated carbocycles. The molecule has 0 aliphatic rings. The van der Waals surface area contributed by atoms with Crippen molar-refractivity contribution in [3.63, 3.8) is 0 Å². The lowest BCUT2D eigenvalue weighted by atomic mass is 10.2. The minimum atomic E-state index is 0.695. The Balaban J connectivity index is 1.73. The van der Waals surface area contributed by atoms with E-state index in [9.17, 15) is 0 Å². The van der Waals surface area contributed by atoms with Crippen LogP contribution in [0.4, 0.5) is 11.5 Å². The van der Waals surface area contributed by atoms with Gasteiger partial charge in [-0.15, -0.1) is 0 Å². The normalized spacial score (nSPS) is 11.4. The number of hydrogen-bond donors (Lipinski definition) is 2. The van der Waals surface area contributed by atoms with Gasteiger partial charge in [-0.05, 0) is 31.5 Å². The van der Waals surface area contributed by atoms with Gasteiger partial charge in [0.1, 0.15) is 5.52 Å². The van der Waals surface area contributed by atoms with Crippen LogP contribution in [0.2, 0.25) is 0 Å². The zero-order valence-corrected chi connectivity index (χ0v) is 13.0. The van der Waals surface area contributed by atoms with Gasteiger partial charge in [0.2, 0.25) is 0 Å². The minimum Gasteiger partial charge on any atom is -0.336 e. The second-order valence-corrected chi connectivity index (χ2v) is 5.50. The summed E-state index contributed by atoms with van der Waals surface area (Å²) in [6.45, 7) is 5.01. The second kappa shape index (κ2) is 5.35. The van der Waals surface area contributed by atoms with E-state index in [-0.39, 0.29) is 0 Å². The summed E-state index contributed by atoms with van der Waals surface area (Å²) in [5.41, 5.74) is 4.48.